The summed E-state index contributed by atoms with van der Waals surface area (Å²) in [5.74, 6) is 1.22. The Hall–Kier alpha value is -2.56. The SMILES string of the molecule is CCC1CCCC(C(=O)CC(C)(C)CC(=O)N2CCC3=C(C2)C(Cc2ccc(F)cc2)=NC=C(C)C3)CCC1. The highest BCUT2D eigenvalue weighted by atomic mass is 19.1. The fourth-order valence-electron chi connectivity index (χ4n) is 6.63. The summed E-state index contributed by atoms with van der Waals surface area (Å²) in [6.07, 6.45) is 13.2. The first kappa shape index (κ1) is 29.4. The molecule has 1 saturated carbocycles. The molecule has 0 spiro atoms. The lowest BCUT2D eigenvalue weighted by Crippen LogP contribution is -2.41. The Morgan fingerprint density at radius 1 is 1.05 bits per heavy atom. The molecule has 3 aliphatic rings. The third-order valence-corrected chi connectivity index (χ3v) is 9.02. The summed E-state index contributed by atoms with van der Waals surface area (Å²) in [5.41, 5.74) is 5.35. The maximum Gasteiger partial charge on any atom is 0.223 e. The Labute approximate surface area is 234 Å². The lowest BCUT2D eigenvalue weighted by Gasteiger charge is -2.34. The fraction of sp³-hybridized carbons (Fsp3) is 0.618. The van der Waals surface area contributed by atoms with Crippen LogP contribution in [0.3, 0.4) is 0 Å². The molecule has 0 N–H and O–H groups in total. The van der Waals surface area contributed by atoms with Gasteiger partial charge in [0, 0.05) is 50.2 Å². The monoisotopic (exact) mass is 534 g/mol. The summed E-state index contributed by atoms with van der Waals surface area (Å²) in [5, 5.41) is 0. The van der Waals surface area contributed by atoms with E-state index < -0.39 is 0 Å². The van der Waals surface area contributed by atoms with Crippen LogP contribution in [0.2, 0.25) is 0 Å². The van der Waals surface area contributed by atoms with E-state index in [4.69, 9.17) is 4.99 Å². The molecule has 0 aromatic heterocycles. The Morgan fingerprint density at radius 2 is 1.74 bits per heavy atom. The summed E-state index contributed by atoms with van der Waals surface area (Å²) >= 11 is 0. The van der Waals surface area contributed by atoms with Crippen LogP contribution in [0.1, 0.15) is 104 Å². The van der Waals surface area contributed by atoms with E-state index in [2.05, 4.69) is 27.7 Å². The molecule has 0 bridgehead atoms. The standard InChI is InChI=1S/C34H47FN2O2/c1-5-25-8-6-10-27(11-7-9-25)32(38)20-34(3,4)21-33(39)37-17-16-28-18-24(2)22-36-31(30(28)23-37)19-26-12-14-29(35)15-13-26/h12-15,22,25,27H,5-11,16-21,23H2,1-4H3. The van der Waals surface area contributed by atoms with Crippen LogP contribution in [0.15, 0.2) is 52.2 Å². The number of aliphatic imine (C=N–C) groups is 1. The Kier molecular flexibility index (Phi) is 9.96. The third-order valence-electron chi connectivity index (χ3n) is 9.02. The van der Waals surface area contributed by atoms with E-state index in [1.807, 2.05) is 23.2 Å². The van der Waals surface area contributed by atoms with E-state index in [1.54, 1.807) is 0 Å². The van der Waals surface area contributed by atoms with Crippen LogP contribution in [0.5, 0.6) is 0 Å². The molecule has 0 atom stereocenters. The predicted octanol–water partition coefficient (Wildman–Crippen LogP) is 8.02. The maximum atomic E-state index is 13.6. The predicted molar refractivity (Wildman–Crippen MR) is 157 cm³/mol. The van der Waals surface area contributed by atoms with E-state index in [0.717, 1.165) is 61.3 Å². The normalized spacial score (nSPS) is 22.7. The minimum absolute atomic E-state index is 0.123. The Balaban J connectivity index is 1.38. The van der Waals surface area contributed by atoms with Gasteiger partial charge in [-0.2, -0.15) is 0 Å². The molecule has 2 aliphatic heterocycles. The van der Waals surface area contributed by atoms with Crippen molar-refractivity contribution < 1.29 is 14.0 Å². The van der Waals surface area contributed by atoms with E-state index in [0.29, 0.717) is 38.1 Å². The number of carbonyl (C=O) groups is 2. The first-order chi connectivity index (χ1) is 18.6. The van der Waals surface area contributed by atoms with Crippen molar-refractivity contribution in [2.45, 2.75) is 105 Å². The van der Waals surface area contributed by atoms with Gasteiger partial charge in [-0.3, -0.25) is 14.6 Å². The molecule has 212 valence electrons. The number of halogens is 1. The minimum atomic E-state index is -0.357. The topological polar surface area (TPSA) is 49.7 Å². The van der Waals surface area contributed by atoms with Crippen molar-refractivity contribution in [3.8, 4) is 0 Å². The highest BCUT2D eigenvalue weighted by molar-refractivity contribution is 6.04. The van der Waals surface area contributed by atoms with Crippen molar-refractivity contribution in [3.05, 3.63) is 58.6 Å². The van der Waals surface area contributed by atoms with Crippen LogP contribution in [0.25, 0.3) is 0 Å². The van der Waals surface area contributed by atoms with Crippen LogP contribution >= 0.6 is 0 Å². The highest BCUT2D eigenvalue weighted by Crippen LogP contribution is 2.35. The molecule has 4 nitrogen and oxygen atoms in total. The molecule has 1 aliphatic carbocycles. The van der Waals surface area contributed by atoms with E-state index in [9.17, 15) is 14.0 Å². The molecule has 5 heteroatoms. The molecule has 39 heavy (non-hydrogen) atoms. The number of carbonyl (C=O) groups excluding carboxylic acids is 2. The van der Waals surface area contributed by atoms with Gasteiger partial charge in [0.25, 0.3) is 0 Å². The van der Waals surface area contributed by atoms with Crippen LogP contribution in [0.4, 0.5) is 4.39 Å². The lowest BCUT2D eigenvalue weighted by molar-refractivity contribution is -0.134. The first-order valence-corrected chi connectivity index (χ1v) is 15.1. The average molecular weight is 535 g/mol. The van der Waals surface area contributed by atoms with E-state index >= 15 is 0 Å². The van der Waals surface area contributed by atoms with Crippen molar-refractivity contribution >= 4 is 17.4 Å². The number of amides is 1. The summed E-state index contributed by atoms with van der Waals surface area (Å²) in [7, 11) is 0. The van der Waals surface area contributed by atoms with Crippen molar-refractivity contribution in [2.24, 2.45) is 22.2 Å². The van der Waals surface area contributed by atoms with E-state index in [1.165, 1.54) is 42.5 Å². The van der Waals surface area contributed by atoms with Crippen molar-refractivity contribution in [1.82, 2.24) is 4.90 Å². The van der Waals surface area contributed by atoms with Gasteiger partial charge in [-0.15, -0.1) is 0 Å². The average Bonchev–Trinajstić information content (AvgIpc) is 3.02. The zero-order valence-electron chi connectivity index (χ0n) is 24.5. The molecule has 1 fully saturated rings. The van der Waals surface area contributed by atoms with Crippen molar-refractivity contribution in [3.63, 3.8) is 0 Å². The minimum Gasteiger partial charge on any atom is -0.338 e. The summed E-state index contributed by atoms with van der Waals surface area (Å²) in [6.45, 7) is 9.80. The van der Waals surface area contributed by atoms with Crippen molar-refractivity contribution in [2.75, 3.05) is 13.1 Å². The molecule has 0 radical (unpaired) electrons. The molecular formula is C34H47FN2O2. The quantitative estimate of drug-likeness (QED) is 0.339. The Bertz CT molecular complexity index is 1120. The number of ketones is 1. The number of Topliss-reactive ketones (excluding diaryl/α,β-unsaturated/α-hetero) is 1. The molecule has 1 aromatic rings. The number of rotatable bonds is 8. The van der Waals surface area contributed by atoms with E-state index in [-0.39, 0.29) is 23.1 Å². The lowest BCUT2D eigenvalue weighted by atomic mass is 9.76. The number of hydrogen-bond donors (Lipinski definition) is 0. The van der Waals surface area contributed by atoms with Gasteiger partial charge in [-0.1, -0.05) is 76.2 Å². The smallest absolute Gasteiger partial charge is 0.223 e. The van der Waals surface area contributed by atoms with Gasteiger partial charge >= 0.3 is 0 Å². The van der Waals surface area contributed by atoms with Crippen molar-refractivity contribution in [1.29, 1.82) is 0 Å². The summed E-state index contributed by atoms with van der Waals surface area (Å²) in [4.78, 5) is 33.6. The van der Waals surface area contributed by atoms with Gasteiger partial charge in [-0.25, -0.2) is 4.39 Å². The highest BCUT2D eigenvalue weighted by Gasteiger charge is 2.33. The molecule has 2 heterocycles. The molecule has 0 saturated heterocycles. The first-order valence-electron chi connectivity index (χ1n) is 15.1. The zero-order chi connectivity index (χ0) is 28.0. The fourth-order valence-corrected chi connectivity index (χ4v) is 6.63. The zero-order valence-corrected chi connectivity index (χ0v) is 24.5. The van der Waals surface area contributed by atoms with Gasteiger partial charge in [0.2, 0.25) is 5.91 Å². The number of hydrogen-bond acceptors (Lipinski definition) is 3. The number of nitrogens with zero attached hydrogens (tertiary/aromatic N) is 2. The second-order valence-corrected chi connectivity index (χ2v) is 13.0. The second-order valence-electron chi connectivity index (χ2n) is 13.0. The summed E-state index contributed by atoms with van der Waals surface area (Å²) < 4.78 is 13.5. The second kappa shape index (κ2) is 13.2. The Morgan fingerprint density at radius 3 is 2.41 bits per heavy atom. The van der Waals surface area contributed by atoms with Crippen LogP contribution in [0, 0.1) is 23.1 Å². The summed E-state index contributed by atoms with van der Waals surface area (Å²) in [6, 6.07) is 6.59. The van der Waals surface area contributed by atoms with Gasteiger partial charge in [-0.05, 0) is 67.2 Å². The number of allylic oxidation sites excluding steroid dienone is 1. The molecule has 1 aromatic carbocycles. The molecule has 1 amide bonds. The van der Waals surface area contributed by atoms with Crippen LogP contribution in [-0.4, -0.2) is 35.4 Å². The van der Waals surface area contributed by atoms with Gasteiger partial charge in [0.1, 0.15) is 11.6 Å². The maximum absolute atomic E-state index is 13.6. The van der Waals surface area contributed by atoms with Crippen LogP contribution in [-0.2, 0) is 16.0 Å². The van der Waals surface area contributed by atoms with Gasteiger partial charge < -0.3 is 4.90 Å². The third kappa shape index (κ3) is 8.22. The van der Waals surface area contributed by atoms with Crippen LogP contribution < -0.4 is 0 Å². The largest absolute Gasteiger partial charge is 0.338 e. The van der Waals surface area contributed by atoms with Gasteiger partial charge in [0.15, 0.2) is 0 Å². The molecule has 4 rings (SSSR count). The molecular weight excluding hydrogens is 487 g/mol. The number of benzene rings is 1. The molecule has 0 unspecified atom stereocenters. The van der Waals surface area contributed by atoms with Gasteiger partial charge in [0.05, 0.1) is 0 Å².